The molecule has 1 fully saturated rings. The Morgan fingerprint density at radius 2 is 2.11 bits per heavy atom. The third-order valence-corrected chi connectivity index (χ3v) is 6.02. The molecule has 2 amide bonds. The second-order valence-corrected chi connectivity index (χ2v) is 8.00. The molecule has 1 aromatic carbocycles. The van der Waals surface area contributed by atoms with Crippen molar-refractivity contribution < 1.29 is 9.59 Å². The molecule has 27 heavy (non-hydrogen) atoms. The number of anilines is 1. The fourth-order valence-corrected chi connectivity index (χ4v) is 4.72. The van der Waals surface area contributed by atoms with Gasteiger partial charge in [-0.1, -0.05) is 41.7 Å². The van der Waals surface area contributed by atoms with E-state index in [0.717, 1.165) is 22.0 Å². The van der Waals surface area contributed by atoms with Crippen LogP contribution in [0.1, 0.15) is 0 Å². The Morgan fingerprint density at radius 1 is 1.30 bits per heavy atom. The van der Waals surface area contributed by atoms with Gasteiger partial charge in [-0.2, -0.15) is 0 Å². The van der Waals surface area contributed by atoms with E-state index in [0.29, 0.717) is 16.8 Å². The lowest BCUT2D eigenvalue weighted by Crippen LogP contribution is -2.34. The van der Waals surface area contributed by atoms with Crippen LogP contribution in [0.3, 0.4) is 0 Å². The summed E-state index contributed by atoms with van der Waals surface area (Å²) in [7, 11) is 1.92. The van der Waals surface area contributed by atoms with Crippen LogP contribution in [0.2, 0.25) is 0 Å². The SMILES string of the molecule is Cn1ccnc1-c1sc(NC(=O)CN2CSCC2=O)nc1-c1ccccc1. The van der Waals surface area contributed by atoms with Crippen molar-refractivity contribution in [2.75, 3.05) is 23.5 Å². The first kappa shape index (κ1) is 17.7. The molecular formula is C18H17N5O2S2. The van der Waals surface area contributed by atoms with Crippen LogP contribution < -0.4 is 5.32 Å². The smallest absolute Gasteiger partial charge is 0.245 e. The van der Waals surface area contributed by atoms with Gasteiger partial charge in [-0.15, -0.1) is 11.8 Å². The van der Waals surface area contributed by atoms with Crippen molar-refractivity contribution in [2.45, 2.75) is 0 Å². The van der Waals surface area contributed by atoms with E-state index in [-0.39, 0.29) is 18.4 Å². The number of hydrogen-bond donors (Lipinski definition) is 1. The number of nitrogens with zero attached hydrogens (tertiary/aromatic N) is 4. The van der Waals surface area contributed by atoms with Gasteiger partial charge in [-0.05, 0) is 0 Å². The molecule has 0 radical (unpaired) electrons. The van der Waals surface area contributed by atoms with E-state index in [1.807, 2.05) is 48.1 Å². The Labute approximate surface area is 164 Å². The predicted molar refractivity (Wildman–Crippen MR) is 107 cm³/mol. The summed E-state index contributed by atoms with van der Waals surface area (Å²) in [5.74, 6) is 1.53. The first-order valence-corrected chi connectivity index (χ1v) is 10.3. The highest BCUT2D eigenvalue weighted by Crippen LogP contribution is 2.38. The van der Waals surface area contributed by atoms with Crippen LogP contribution in [0.5, 0.6) is 0 Å². The quantitative estimate of drug-likeness (QED) is 0.714. The molecule has 4 rings (SSSR count). The molecule has 1 aliphatic heterocycles. The average molecular weight is 400 g/mol. The Balaban J connectivity index is 1.62. The second-order valence-electron chi connectivity index (χ2n) is 6.04. The Bertz CT molecular complexity index is 983. The zero-order chi connectivity index (χ0) is 18.8. The molecule has 1 aliphatic rings. The summed E-state index contributed by atoms with van der Waals surface area (Å²) in [5, 5.41) is 3.33. The maximum Gasteiger partial charge on any atom is 0.245 e. The van der Waals surface area contributed by atoms with Crippen LogP contribution in [0.25, 0.3) is 22.0 Å². The number of hydrogen-bond acceptors (Lipinski definition) is 6. The average Bonchev–Trinajstić information content (AvgIpc) is 3.37. The molecule has 0 aliphatic carbocycles. The number of thiazole rings is 1. The molecule has 0 saturated carbocycles. The molecule has 3 aromatic rings. The van der Waals surface area contributed by atoms with E-state index < -0.39 is 0 Å². The summed E-state index contributed by atoms with van der Waals surface area (Å²) in [4.78, 5) is 35.5. The van der Waals surface area contributed by atoms with E-state index in [1.165, 1.54) is 23.1 Å². The van der Waals surface area contributed by atoms with Crippen LogP contribution in [0, 0.1) is 0 Å². The molecule has 0 bridgehead atoms. The summed E-state index contributed by atoms with van der Waals surface area (Å²) < 4.78 is 1.92. The maximum absolute atomic E-state index is 12.4. The van der Waals surface area contributed by atoms with Crippen LogP contribution in [-0.2, 0) is 16.6 Å². The lowest BCUT2D eigenvalue weighted by molar-refractivity contribution is -0.130. The lowest BCUT2D eigenvalue weighted by Gasteiger charge is -2.13. The van der Waals surface area contributed by atoms with E-state index >= 15 is 0 Å². The largest absolute Gasteiger partial charge is 0.333 e. The van der Waals surface area contributed by atoms with E-state index in [2.05, 4.69) is 15.3 Å². The van der Waals surface area contributed by atoms with E-state index in [4.69, 9.17) is 0 Å². The number of amides is 2. The number of carbonyl (C=O) groups excluding carboxylic acids is 2. The minimum Gasteiger partial charge on any atom is -0.333 e. The molecule has 0 unspecified atom stereocenters. The normalized spacial score (nSPS) is 14.0. The first-order chi connectivity index (χ1) is 13.1. The fraction of sp³-hybridized carbons (Fsp3) is 0.222. The minimum atomic E-state index is -0.245. The Kier molecular flexibility index (Phi) is 4.95. The van der Waals surface area contributed by atoms with Gasteiger partial charge in [0.15, 0.2) is 11.0 Å². The summed E-state index contributed by atoms with van der Waals surface area (Å²) in [6, 6.07) is 9.81. The summed E-state index contributed by atoms with van der Waals surface area (Å²) >= 11 is 2.89. The molecule has 7 nitrogen and oxygen atoms in total. The van der Waals surface area contributed by atoms with Crippen molar-refractivity contribution in [1.82, 2.24) is 19.4 Å². The maximum atomic E-state index is 12.4. The van der Waals surface area contributed by atoms with Gasteiger partial charge in [0.2, 0.25) is 11.8 Å². The Morgan fingerprint density at radius 3 is 2.78 bits per heavy atom. The number of aryl methyl sites for hydroxylation is 1. The van der Waals surface area contributed by atoms with Gasteiger partial charge in [0.05, 0.1) is 22.2 Å². The topological polar surface area (TPSA) is 80.1 Å². The fourth-order valence-electron chi connectivity index (χ4n) is 2.77. The van der Waals surface area contributed by atoms with Gasteiger partial charge >= 0.3 is 0 Å². The third kappa shape index (κ3) is 3.74. The van der Waals surface area contributed by atoms with Crippen molar-refractivity contribution in [3.63, 3.8) is 0 Å². The van der Waals surface area contributed by atoms with E-state index in [9.17, 15) is 9.59 Å². The third-order valence-electron chi connectivity index (χ3n) is 4.10. The number of benzene rings is 1. The molecule has 2 aromatic heterocycles. The number of thioether (sulfide) groups is 1. The first-order valence-electron chi connectivity index (χ1n) is 8.31. The van der Waals surface area contributed by atoms with Gasteiger partial charge in [-0.25, -0.2) is 9.97 Å². The van der Waals surface area contributed by atoms with Gasteiger partial charge < -0.3 is 14.8 Å². The second kappa shape index (κ2) is 7.53. The standard InChI is InChI=1S/C18H17N5O2S2/c1-22-8-7-19-17(22)16-15(12-5-3-2-4-6-12)21-18(27-16)20-13(24)9-23-11-26-10-14(23)25/h2-8H,9-11H2,1H3,(H,20,21,24). The number of rotatable bonds is 5. The van der Waals surface area contributed by atoms with Gasteiger partial charge in [0, 0.05) is 25.0 Å². The predicted octanol–water partition coefficient (Wildman–Crippen LogP) is 2.68. The van der Waals surface area contributed by atoms with Gasteiger partial charge in [-0.3, -0.25) is 9.59 Å². The van der Waals surface area contributed by atoms with Crippen molar-refractivity contribution in [3.8, 4) is 22.0 Å². The molecule has 1 saturated heterocycles. The number of nitrogens with one attached hydrogen (secondary N) is 1. The minimum absolute atomic E-state index is 0.00652. The van der Waals surface area contributed by atoms with Crippen molar-refractivity contribution in [3.05, 3.63) is 42.7 Å². The zero-order valence-electron chi connectivity index (χ0n) is 14.6. The highest BCUT2D eigenvalue weighted by atomic mass is 32.2. The zero-order valence-corrected chi connectivity index (χ0v) is 16.2. The molecule has 138 valence electrons. The molecule has 0 atom stereocenters. The van der Waals surface area contributed by atoms with Crippen molar-refractivity contribution in [2.24, 2.45) is 7.05 Å². The summed E-state index contributed by atoms with van der Waals surface area (Å²) in [6.07, 6.45) is 3.61. The number of aromatic nitrogens is 3. The number of imidazole rings is 1. The van der Waals surface area contributed by atoms with Crippen LogP contribution in [0.4, 0.5) is 5.13 Å². The highest BCUT2D eigenvalue weighted by molar-refractivity contribution is 8.00. The van der Waals surface area contributed by atoms with Crippen molar-refractivity contribution in [1.29, 1.82) is 0 Å². The molecule has 1 N–H and O–H groups in total. The van der Waals surface area contributed by atoms with Crippen molar-refractivity contribution >= 4 is 40.0 Å². The van der Waals surface area contributed by atoms with Crippen LogP contribution >= 0.6 is 23.1 Å². The lowest BCUT2D eigenvalue weighted by atomic mass is 10.1. The summed E-state index contributed by atoms with van der Waals surface area (Å²) in [6.45, 7) is 0.0455. The Hall–Kier alpha value is -2.65. The molecule has 9 heteroatoms. The number of carbonyl (C=O) groups is 2. The molecular weight excluding hydrogens is 382 g/mol. The van der Waals surface area contributed by atoms with Crippen LogP contribution in [0.15, 0.2) is 42.7 Å². The molecule has 3 heterocycles. The van der Waals surface area contributed by atoms with Gasteiger partial charge in [0.25, 0.3) is 0 Å². The monoisotopic (exact) mass is 399 g/mol. The van der Waals surface area contributed by atoms with E-state index in [1.54, 1.807) is 11.1 Å². The highest BCUT2D eigenvalue weighted by Gasteiger charge is 2.24. The van der Waals surface area contributed by atoms with Gasteiger partial charge in [0.1, 0.15) is 6.54 Å². The molecule has 0 spiro atoms. The summed E-state index contributed by atoms with van der Waals surface area (Å²) in [5.41, 5.74) is 1.73. The van der Waals surface area contributed by atoms with Crippen LogP contribution in [-0.4, -0.2) is 49.4 Å².